The van der Waals surface area contributed by atoms with E-state index in [1.165, 1.54) is 25.4 Å². The molecule has 10 nitrogen and oxygen atoms in total. The topological polar surface area (TPSA) is 136 Å². The summed E-state index contributed by atoms with van der Waals surface area (Å²) in [6.45, 7) is 0.299. The summed E-state index contributed by atoms with van der Waals surface area (Å²) in [6.07, 6.45) is 3.34. The number of ether oxygens (including phenoxy) is 3. The monoisotopic (exact) mass is 663 g/mol. The summed E-state index contributed by atoms with van der Waals surface area (Å²) in [7, 11) is 1.48. The molecular weight excluding hydrogens is 633 g/mol. The smallest absolute Gasteiger partial charge is 1.00 e. The number of hydrogen-bond donors (Lipinski definition) is 3. The number of anilines is 2. The number of carboxylic acids is 1. The molecule has 232 valence electrons. The van der Waals surface area contributed by atoms with E-state index in [1.807, 2.05) is 0 Å². The minimum atomic E-state index is -1.25. The molecule has 1 saturated carbocycles. The first-order valence-corrected chi connectivity index (χ1v) is 14.2. The maximum Gasteiger partial charge on any atom is 2.00 e. The van der Waals surface area contributed by atoms with Crippen LogP contribution in [0.2, 0.25) is 5.02 Å². The number of fused-ring (bicyclic) bond motifs is 1. The Morgan fingerprint density at radius 3 is 2.33 bits per heavy atom. The standard InChI is InChI=1S/C32H29ClFN3O7.Ca.2H/c1-42-27-17-22-24(18-28(27)43-14-3-2-7-29(38)39)35-13-10-25(22)44-26-9-8-21(16-23(26)34)37-31(41)32(11-12-32)30(40)36-20-6-4-5-19(33)15-20;;;/h4-6,8-10,13,15-18H,2-3,7,11-12,14H2,1H3,(H,36,40)(H,37,41)(H,38,39);;;/q;+2;2*-1. The van der Waals surface area contributed by atoms with Gasteiger partial charge in [-0.3, -0.25) is 19.4 Å². The number of halogens is 2. The van der Waals surface area contributed by atoms with Crippen LogP contribution in [0.1, 0.15) is 35.0 Å². The average molecular weight is 664 g/mol. The molecule has 0 spiro atoms. The third kappa shape index (κ3) is 8.35. The first-order chi connectivity index (χ1) is 21.2. The number of nitrogens with zero attached hydrogens (tertiary/aromatic N) is 1. The van der Waals surface area contributed by atoms with Crippen LogP contribution in [0.4, 0.5) is 15.8 Å². The van der Waals surface area contributed by atoms with E-state index in [0.717, 1.165) is 6.07 Å². The van der Waals surface area contributed by atoms with Gasteiger partial charge in [0.05, 0.1) is 19.2 Å². The van der Waals surface area contributed by atoms with Crippen molar-refractivity contribution in [3.63, 3.8) is 0 Å². The average Bonchev–Trinajstić information content (AvgIpc) is 3.80. The van der Waals surface area contributed by atoms with Crippen molar-refractivity contribution < 1.29 is 40.9 Å². The van der Waals surface area contributed by atoms with Crippen LogP contribution >= 0.6 is 11.6 Å². The molecule has 3 N–H and O–H groups in total. The van der Waals surface area contributed by atoms with E-state index in [4.69, 9.17) is 30.9 Å². The molecule has 3 aromatic carbocycles. The summed E-state index contributed by atoms with van der Waals surface area (Å²) in [6, 6.07) is 15.5. The van der Waals surface area contributed by atoms with Crippen LogP contribution < -0.4 is 24.8 Å². The number of hydrogen-bond acceptors (Lipinski definition) is 7. The Kier molecular flexibility index (Phi) is 11.5. The largest absolute Gasteiger partial charge is 2.00 e. The van der Waals surface area contributed by atoms with Crippen LogP contribution in [0, 0.1) is 11.2 Å². The van der Waals surface area contributed by atoms with Gasteiger partial charge in [0.2, 0.25) is 11.8 Å². The number of nitrogens with one attached hydrogen (secondary N) is 2. The van der Waals surface area contributed by atoms with Gasteiger partial charge in [-0.25, -0.2) is 4.39 Å². The number of benzene rings is 3. The Labute approximate surface area is 296 Å². The second kappa shape index (κ2) is 15.1. The van der Waals surface area contributed by atoms with Gasteiger partial charge in [0.25, 0.3) is 0 Å². The minimum Gasteiger partial charge on any atom is -1.00 e. The fourth-order valence-electron chi connectivity index (χ4n) is 4.58. The fourth-order valence-corrected chi connectivity index (χ4v) is 4.77. The number of methoxy groups -OCH3 is 1. The molecule has 1 fully saturated rings. The van der Waals surface area contributed by atoms with Crippen molar-refractivity contribution in [2.75, 3.05) is 24.4 Å². The van der Waals surface area contributed by atoms with Gasteiger partial charge < -0.3 is 32.8 Å². The van der Waals surface area contributed by atoms with Gasteiger partial charge >= 0.3 is 43.7 Å². The summed E-state index contributed by atoms with van der Waals surface area (Å²) >= 11 is 5.98. The summed E-state index contributed by atoms with van der Waals surface area (Å²) in [5.41, 5.74) is -0.0802. The number of carbonyl (C=O) groups is 3. The van der Waals surface area contributed by atoms with E-state index in [1.54, 1.807) is 42.5 Å². The molecule has 1 aromatic heterocycles. The minimum absolute atomic E-state index is 0. The normalized spacial score (nSPS) is 12.9. The van der Waals surface area contributed by atoms with Gasteiger partial charge in [-0.05, 0) is 68.1 Å². The second-order valence-electron chi connectivity index (χ2n) is 10.3. The summed E-state index contributed by atoms with van der Waals surface area (Å²) in [5, 5.41) is 15.2. The van der Waals surface area contributed by atoms with Gasteiger partial charge in [-0.15, -0.1) is 0 Å². The zero-order valence-electron chi connectivity index (χ0n) is 26.4. The van der Waals surface area contributed by atoms with Gasteiger partial charge in [0.15, 0.2) is 23.1 Å². The second-order valence-corrected chi connectivity index (χ2v) is 10.7. The Morgan fingerprint density at radius 2 is 1.69 bits per heavy atom. The summed E-state index contributed by atoms with van der Waals surface area (Å²) in [4.78, 5) is 41.0. The Balaban J connectivity index is 0.00000256. The third-order valence-electron chi connectivity index (χ3n) is 7.14. The fraction of sp³-hybridized carbons (Fsp3) is 0.250. The van der Waals surface area contributed by atoms with Gasteiger partial charge in [-0.2, -0.15) is 0 Å². The molecule has 0 aliphatic heterocycles. The number of aliphatic carboxylic acids is 1. The number of pyridine rings is 1. The zero-order chi connectivity index (χ0) is 31.3. The van der Waals surface area contributed by atoms with Crippen LogP contribution in [0.25, 0.3) is 10.9 Å². The van der Waals surface area contributed by atoms with Crippen molar-refractivity contribution in [2.24, 2.45) is 5.41 Å². The van der Waals surface area contributed by atoms with Crippen molar-refractivity contribution in [3.05, 3.63) is 77.7 Å². The van der Waals surface area contributed by atoms with E-state index in [9.17, 15) is 14.4 Å². The van der Waals surface area contributed by atoms with Crippen LogP contribution in [-0.4, -0.2) is 79.3 Å². The van der Waals surface area contributed by atoms with Crippen molar-refractivity contribution in [2.45, 2.75) is 32.1 Å². The van der Waals surface area contributed by atoms with Crippen molar-refractivity contribution in [1.29, 1.82) is 0 Å². The number of aromatic nitrogens is 1. The molecule has 1 aliphatic rings. The molecule has 0 bridgehead atoms. The quantitative estimate of drug-likeness (QED) is 0.0821. The van der Waals surface area contributed by atoms with Crippen molar-refractivity contribution in [1.82, 2.24) is 4.98 Å². The number of amides is 2. The first-order valence-electron chi connectivity index (χ1n) is 13.9. The molecular formula is C32H31CaClFN3O7. The third-order valence-corrected chi connectivity index (χ3v) is 7.38. The summed E-state index contributed by atoms with van der Waals surface area (Å²) in [5.74, 6) is -1.51. The number of carboxylic acid groups (broad SMARTS) is 1. The van der Waals surface area contributed by atoms with Crippen LogP contribution in [0.5, 0.6) is 23.0 Å². The molecule has 0 unspecified atom stereocenters. The molecule has 5 rings (SSSR count). The number of unbranched alkanes of at least 4 members (excludes halogenated alkanes) is 1. The molecule has 0 radical (unpaired) electrons. The van der Waals surface area contributed by atoms with Crippen LogP contribution in [-0.2, 0) is 14.4 Å². The van der Waals surface area contributed by atoms with Gasteiger partial charge in [-0.1, -0.05) is 17.7 Å². The molecule has 13 heteroatoms. The Morgan fingerprint density at radius 1 is 0.956 bits per heavy atom. The molecule has 1 aliphatic carbocycles. The Hall–Kier alpha value is -3.64. The number of carbonyl (C=O) groups excluding carboxylic acids is 2. The van der Waals surface area contributed by atoms with Crippen LogP contribution in [0.15, 0.2) is 66.9 Å². The SMILES string of the molecule is COc1cc2c(Oc3ccc(NC(=O)C4(C(=O)Nc5cccc(Cl)c5)CC4)cc3F)ccnc2cc1OCCCCC(=O)O.[Ca+2].[H-].[H-]. The van der Waals surface area contributed by atoms with Crippen molar-refractivity contribution >= 4 is 89.4 Å². The van der Waals surface area contributed by atoms with E-state index < -0.39 is 29.0 Å². The van der Waals surface area contributed by atoms with Crippen molar-refractivity contribution in [3.8, 4) is 23.0 Å². The molecule has 0 atom stereocenters. The molecule has 0 saturated heterocycles. The molecule has 45 heavy (non-hydrogen) atoms. The number of rotatable bonds is 13. The van der Waals surface area contributed by atoms with Gasteiger partial charge in [0.1, 0.15) is 11.2 Å². The zero-order valence-corrected chi connectivity index (χ0v) is 27.4. The Bertz CT molecular complexity index is 1750. The maximum absolute atomic E-state index is 15.2. The van der Waals surface area contributed by atoms with E-state index in [-0.39, 0.29) is 58.4 Å². The van der Waals surface area contributed by atoms with E-state index >= 15 is 4.39 Å². The molecule has 4 aromatic rings. The van der Waals surface area contributed by atoms with E-state index in [2.05, 4.69) is 15.6 Å². The first kappa shape index (κ1) is 34.2. The molecule has 2 amide bonds. The maximum atomic E-state index is 15.2. The van der Waals surface area contributed by atoms with Crippen LogP contribution in [0.3, 0.4) is 0 Å². The predicted octanol–water partition coefficient (Wildman–Crippen LogP) is 6.66. The van der Waals surface area contributed by atoms with E-state index in [0.29, 0.717) is 71.2 Å². The predicted molar refractivity (Wildman–Crippen MR) is 170 cm³/mol. The summed E-state index contributed by atoms with van der Waals surface area (Å²) < 4.78 is 32.3. The molecule has 1 heterocycles. The van der Waals surface area contributed by atoms with Gasteiger partial charge in [0, 0.05) is 46.5 Å².